The van der Waals surface area contributed by atoms with Crippen LogP contribution in [0, 0.1) is 5.41 Å². The first-order chi connectivity index (χ1) is 28.4. The van der Waals surface area contributed by atoms with Crippen molar-refractivity contribution in [1.82, 2.24) is 35.7 Å². The summed E-state index contributed by atoms with van der Waals surface area (Å²) >= 11 is 0. The van der Waals surface area contributed by atoms with Gasteiger partial charge in [-0.2, -0.15) is 26.3 Å². The number of ether oxygens (including phenoxy) is 2. The number of aliphatic imine (C=N–C) groups is 1. The van der Waals surface area contributed by atoms with E-state index in [1.165, 1.54) is 15.4 Å². The molecule has 5 fully saturated rings. The molecule has 2 saturated heterocycles. The van der Waals surface area contributed by atoms with Crippen molar-refractivity contribution in [3.05, 3.63) is 41.9 Å². The van der Waals surface area contributed by atoms with Crippen LogP contribution in [-0.2, 0) is 24.5 Å². The van der Waals surface area contributed by atoms with E-state index in [9.17, 15) is 45.5 Å². The van der Waals surface area contributed by atoms with Crippen molar-refractivity contribution in [1.29, 1.82) is 0 Å². The first kappa shape index (κ1) is 43.1. The molecule has 60 heavy (non-hydrogen) atoms. The molecule has 20 heteroatoms. The van der Waals surface area contributed by atoms with Crippen molar-refractivity contribution in [2.24, 2.45) is 10.4 Å². The molecule has 1 aromatic carbocycles. The minimum Gasteiger partial charge on any atom is -0.453 e. The zero-order valence-corrected chi connectivity index (χ0v) is 33.4. The summed E-state index contributed by atoms with van der Waals surface area (Å²) < 4.78 is 89.1. The number of aromatic nitrogens is 2. The summed E-state index contributed by atoms with van der Waals surface area (Å²) in [4.78, 5) is 65.7. The monoisotopic (exact) mass is 852 g/mol. The molecule has 3 aliphatic heterocycles. The molecule has 4 amide bonds. The lowest BCUT2D eigenvalue weighted by atomic mass is 9.50. The zero-order valence-electron chi connectivity index (χ0n) is 33.4. The quantitative estimate of drug-likeness (QED) is 0.198. The number of H-pyrrole nitrogens is 1. The highest BCUT2D eigenvalue weighted by molar-refractivity contribution is 5.95. The first-order valence-corrected chi connectivity index (χ1v) is 20.3. The molecule has 3 saturated carbocycles. The van der Waals surface area contributed by atoms with E-state index in [0.717, 1.165) is 58.3 Å². The zero-order chi connectivity index (χ0) is 43.0. The summed E-state index contributed by atoms with van der Waals surface area (Å²) in [6, 6.07) is 3.58. The summed E-state index contributed by atoms with van der Waals surface area (Å²) in [5.41, 5.74) is 2.76. The van der Waals surface area contributed by atoms with Crippen molar-refractivity contribution in [3.63, 3.8) is 0 Å². The number of halogens is 6. The predicted octanol–water partition coefficient (Wildman–Crippen LogP) is 6.05. The number of amidine groups is 1. The van der Waals surface area contributed by atoms with Crippen LogP contribution in [0.1, 0.15) is 94.5 Å². The number of hydrogen-bond acceptors (Lipinski definition) is 9. The van der Waals surface area contributed by atoms with E-state index in [1.807, 2.05) is 17.4 Å². The molecular weight excluding hydrogens is 802 g/mol. The Balaban J connectivity index is 0.963. The SMILES string of the molecule is COC(=O)N[C@@H](CC(F)(F)F)C(=O)N1CCC[C@H]1C1=NCC(C23CCC(c4ccc(-c5cnc([C@@H]6CCCN6C(=O)[C@H](CC(F)(F)F)NC(=O)OC)[nH]5)cc4)(CC2)CC3)N1. The minimum atomic E-state index is -4.69. The number of imidazole rings is 1. The van der Waals surface area contributed by atoms with Crippen LogP contribution < -0.4 is 16.0 Å². The van der Waals surface area contributed by atoms with E-state index in [-0.39, 0.29) is 30.0 Å². The van der Waals surface area contributed by atoms with Gasteiger partial charge in [-0.25, -0.2) is 14.6 Å². The molecule has 6 aliphatic rings. The first-order valence-electron chi connectivity index (χ1n) is 20.3. The maximum absolute atomic E-state index is 13.4. The van der Waals surface area contributed by atoms with Crippen molar-refractivity contribution in [2.45, 2.75) is 125 Å². The third-order valence-corrected chi connectivity index (χ3v) is 13.3. The molecule has 1 unspecified atom stereocenters. The van der Waals surface area contributed by atoms with Gasteiger partial charge in [0.05, 0.1) is 63.6 Å². The summed E-state index contributed by atoms with van der Waals surface area (Å²) in [7, 11) is 2.04. The van der Waals surface area contributed by atoms with Gasteiger partial charge in [-0.1, -0.05) is 24.3 Å². The molecular formula is C40H50F6N8O6. The van der Waals surface area contributed by atoms with Crippen molar-refractivity contribution < 1.29 is 55.0 Å². The maximum atomic E-state index is 13.4. The number of hydrogen-bond donors (Lipinski definition) is 4. The van der Waals surface area contributed by atoms with Crippen LogP contribution in [0.15, 0.2) is 35.5 Å². The Morgan fingerprint density at radius 2 is 1.32 bits per heavy atom. The molecule has 1 aromatic heterocycles. The topological polar surface area (TPSA) is 170 Å². The Labute approximate surface area is 342 Å². The van der Waals surface area contributed by atoms with E-state index in [0.29, 0.717) is 49.6 Å². The van der Waals surface area contributed by atoms with Crippen LogP contribution in [0.25, 0.3) is 11.3 Å². The molecule has 2 bridgehead atoms. The Bertz CT molecular complexity index is 1930. The molecule has 3 aliphatic carbocycles. The molecule has 328 valence electrons. The van der Waals surface area contributed by atoms with Gasteiger partial charge in [-0.05, 0) is 86.2 Å². The molecule has 0 radical (unpaired) electrons. The Morgan fingerprint density at radius 1 is 0.800 bits per heavy atom. The van der Waals surface area contributed by atoms with Gasteiger partial charge < -0.3 is 40.2 Å². The molecule has 2 aromatic rings. The largest absolute Gasteiger partial charge is 0.453 e. The standard InChI is InChI=1S/C40H50F6N8O6/c1-59-35(57)50-25(19-39(41,42)43)33(55)53-17-3-5-28(53)31-47-21-27(49-31)23-7-9-24(10-8-23)37-11-14-38(15-12-37,16-13-37)30-22-48-32(52-30)29-6-4-18-54(29)34(56)26(20-40(44,45)46)51-36(58)60-2/h7-10,21,25-26,28-30H,3-6,11-20,22H2,1-2H3,(H,47,49)(H,48,52)(H,50,57)(H,51,58)/t25-,26-,28-,29-,30?,37?,38?/m0/s1. The van der Waals surface area contributed by atoms with Gasteiger partial charge in [0.15, 0.2) is 0 Å². The number of carbonyl (C=O) groups excluding carboxylic acids is 4. The summed E-state index contributed by atoms with van der Waals surface area (Å²) in [5, 5.41) is 7.69. The number of nitrogens with one attached hydrogen (secondary N) is 4. The van der Waals surface area contributed by atoms with E-state index >= 15 is 0 Å². The van der Waals surface area contributed by atoms with Crippen LogP contribution in [0.3, 0.4) is 0 Å². The average Bonchev–Trinajstić information content (AvgIpc) is 4.06. The van der Waals surface area contributed by atoms with Gasteiger partial charge in [0, 0.05) is 13.1 Å². The third-order valence-electron chi connectivity index (χ3n) is 13.3. The lowest BCUT2D eigenvalue weighted by Crippen LogP contribution is -2.57. The number of carbonyl (C=O) groups is 4. The second kappa shape index (κ2) is 16.8. The van der Waals surface area contributed by atoms with E-state index in [1.54, 1.807) is 6.20 Å². The van der Waals surface area contributed by atoms with Gasteiger partial charge in [0.25, 0.3) is 0 Å². The molecule has 0 spiro atoms. The fourth-order valence-corrected chi connectivity index (χ4v) is 10.1. The Kier molecular flexibility index (Phi) is 12.0. The number of methoxy groups -OCH3 is 2. The highest BCUT2D eigenvalue weighted by Crippen LogP contribution is 2.59. The summed E-state index contributed by atoms with van der Waals surface area (Å²) in [6.45, 7) is 0.984. The van der Waals surface area contributed by atoms with Crippen LogP contribution >= 0.6 is 0 Å². The number of alkyl halides is 6. The van der Waals surface area contributed by atoms with Gasteiger partial charge in [-0.3, -0.25) is 14.6 Å². The highest BCUT2D eigenvalue weighted by Gasteiger charge is 2.54. The van der Waals surface area contributed by atoms with Crippen molar-refractivity contribution in [3.8, 4) is 11.3 Å². The number of amides is 4. The molecule has 14 nitrogen and oxygen atoms in total. The van der Waals surface area contributed by atoms with Crippen LogP contribution in [0.2, 0.25) is 0 Å². The number of rotatable bonds is 11. The average molecular weight is 853 g/mol. The Hall–Kier alpha value is -5.04. The van der Waals surface area contributed by atoms with E-state index < -0.39 is 73.4 Å². The predicted molar refractivity (Wildman–Crippen MR) is 203 cm³/mol. The molecule has 5 atom stereocenters. The lowest BCUT2D eigenvalue weighted by molar-refractivity contribution is -0.154. The number of nitrogens with zero attached hydrogens (tertiary/aromatic N) is 4. The normalized spacial score (nSPS) is 27.5. The van der Waals surface area contributed by atoms with Crippen molar-refractivity contribution in [2.75, 3.05) is 33.9 Å². The van der Waals surface area contributed by atoms with Crippen LogP contribution in [0.4, 0.5) is 35.9 Å². The number of alkyl carbamates (subject to hydrolysis) is 2. The fourth-order valence-electron chi connectivity index (χ4n) is 10.1. The second-order valence-corrected chi connectivity index (χ2v) is 16.7. The number of likely N-dealkylation sites (tertiary alicyclic amines) is 2. The van der Waals surface area contributed by atoms with Crippen molar-refractivity contribution >= 4 is 29.8 Å². The van der Waals surface area contributed by atoms with Crippen LogP contribution in [0.5, 0.6) is 0 Å². The molecule has 8 rings (SSSR count). The van der Waals surface area contributed by atoms with Gasteiger partial charge in [-0.15, -0.1) is 0 Å². The number of benzene rings is 1. The lowest BCUT2D eigenvalue weighted by Gasteiger charge is -2.56. The summed E-state index contributed by atoms with van der Waals surface area (Å²) in [6.07, 6.45) is -5.05. The maximum Gasteiger partial charge on any atom is 0.407 e. The third kappa shape index (κ3) is 9.01. The van der Waals surface area contributed by atoms with E-state index in [2.05, 4.69) is 42.2 Å². The fraction of sp³-hybridized carbons (Fsp3) is 0.650. The van der Waals surface area contributed by atoms with Gasteiger partial charge in [0.2, 0.25) is 11.8 Å². The smallest absolute Gasteiger partial charge is 0.407 e. The summed E-state index contributed by atoms with van der Waals surface area (Å²) in [5.74, 6) is -0.621. The second-order valence-electron chi connectivity index (χ2n) is 16.7. The van der Waals surface area contributed by atoms with Crippen LogP contribution in [-0.4, -0.2) is 120 Å². The Morgan fingerprint density at radius 3 is 1.83 bits per heavy atom. The number of aromatic amines is 1. The molecule has 4 heterocycles. The minimum absolute atomic E-state index is 0.00752. The highest BCUT2D eigenvalue weighted by atomic mass is 19.4. The van der Waals surface area contributed by atoms with Gasteiger partial charge >= 0.3 is 24.5 Å². The van der Waals surface area contributed by atoms with Gasteiger partial charge in [0.1, 0.15) is 23.7 Å². The molecule has 4 N–H and O–H groups in total. The van der Waals surface area contributed by atoms with E-state index in [4.69, 9.17) is 4.99 Å². The number of fused-ring (bicyclic) bond motifs is 3.